The Morgan fingerprint density at radius 2 is 2.11 bits per heavy atom. The summed E-state index contributed by atoms with van der Waals surface area (Å²) in [5.74, 6) is -0.363. The van der Waals surface area contributed by atoms with Gasteiger partial charge in [0.05, 0.1) is 30.7 Å². The molecule has 1 unspecified atom stereocenters. The van der Waals surface area contributed by atoms with Gasteiger partial charge in [0.1, 0.15) is 31.1 Å². The van der Waals surface area contributed by atoms with Crippen molar-refractivity contribution in [1.82, 2.24) is 30.4 Å². The second-order valence-electron chi connectivity index (χ2n) is 8.12. The zero-order valence-electron chi connectivity index (χ0n) is 18.3. The van der Waals surface area contributed by atoms with Crippen LogP contribution in [0.3, 0.4) is 0 Å². The van der Waals surface area contributed by atoms with Gasteiger partial charge in [-0.15, -0.1) is 0 Å². The molecule has 0 spiro atoms. The Hall–Kier alpha value is -3.59. The fourth-order valence-electron chi connectivity index (χ4n) is 3.91. The maximum absolute atomic E-state index is 13.2. The van der Waals surface area contributed by atoms with Gasteiger partial charge in [0.25, 0.3) is 0 Å². The lowest BCUT2D eigenvalue weighted by molar-refractivity contribution is -0.138. The average molecular weight is 499 g/mol. The van der Waals surface area contributed by atoms with Gasteiger partial charge in [0.2, 0.25) is 11.8 Å². The van der Waals surface area contributed by atoms with Gasteiger partial charge in [-0.05, 0) is 12.5 Å². The Labute approximate surface area is 197 Å². The number of carbonyl (C=O) groups is 2. The van der Waals surface area contributed by atoms with Crippen molar-refractivity contribution in [2.75, 3.05) is 38.2 Å². The minimum Gasteiger partial charge on any atom is -0.474 e. The van der Waals surface area contributed by atoms with Crippen LogP contribution in [0.1, 0.15) is 6.42 Å². The first-order valence-corrected chi connectivity index (χ1v) is 10.8. The molecule has 2 bridgehead atoms. The standard InChI is InChI=1S/C20H24F3N7O5/c21-20(22,23)10-26-18(33)13-1-2-14-17(27-13)30(11-3-4-29(14)7-11)19(34)28-15-5-25-16(6-24-15)35-9-12(32)8-31/h1-2,5-6,11-13,27,31-32H,3-4,7-10H2,(H,26,33)(H,24,28,34)/t11-,12-,13?/m0/s1. The number of nitrogens with zero attached hydrogens (tertiary/aromatic N) is 4. The SMILES string of the molecule is O=C(NCC(F)(F)F)C1C=CC2=C(N1)N(C(=O)Nc1cnc(OC[C@@H](O)CO)cn1)[C@H]1CCN2C1. The molecule has 1 saturated heterocycles. The van der Waals surface area contributed by atoms with Crippen LogP contribution in [0.4, 0.5) is 23.8 Å². The number of fused-ring (bicyclic) bond motifs is 3. The number of amides is 3. The molecule has 0 radical (unpaired) electrons. The topological polar surface area (TPSA) is 152 Å². The molecule has 3 amide bonds. The Balaban J connectivity index is 1.44. The smallest absolute Gasteiger partial charge is 0.405 e. The van der Waals surface area contributed by atoms with Crippen molar-refractivity contribution in [3.8, 4) is 5.88 Å². The van der Waals surface area contributed by atoms with Gasteiger partial charge in [-0.1, -0.05) is 6.08 Å². The molecule has 3 aliphatic heterocycles. The van der Waals surface area contributed by atoms with E-state index in [4.69, 9.17) is 9.84 Å². The summed E-state index contributed by atoms with van der Waals surface area (Å²) in [7, 11) is 0. The second-order valence-corrected chi connectivity index (χ2v) is 8.12. The van der Waals surface area contributed by atoms with Crippen LogP contribution in [0.2, 0.25) is 0 Å². The van der Waals surface area contributed by atoms with Crippen molar-refractivity contribution in [2.45, 2.75) is 30.8 Å². The van der Waals surface area contributed by atoms with Gasteiger partial charge in [-0.25, -0.2) is 14.8 Å². The number of hydrogen-bond acceptors (Lipinski definition) is 9. The maximum Gasteiger partial charge on any atom is 0.405 e. The molecule has 190 valence electrons. The number of ether oxygens (including phenoxy) is 1. The summed E-state index contributed by atoms with van der Waals surface area (Å²) in [5.41, 5.74) is 0.658. The van der Waals surface area contributed by atoms with Crippen LogP contribution in [-0.4, -0.2) is 99.1 Å². The summed E-state index contributed by atoms with van der Waals surface area (Å²) in [6.07, 6.45) is 0.614. The molecule has 0 aromatic carbocycles. The number of aromatic nitrogens is 2. The van der Waals surface area contributed by atoms with Crippen LogP contribution in [0.15, 0.2) is 36.1 Å². The van der Waals surface area contributed by atoms with Crippen molar-refractivity contribution in [3.63, 3.8) is 0 Å². The highest BCUT2D eigenvalue weighted by Crippen LogP contribution is 2.33. The molecule has 1 aromatic heterocycles. The molecule has 35 heavy (non-hydrogen) atoms. The average Bonchev–Trinajstić information content (AvgIpc) is 3.25. The molecule has 3 atom stereocenters. The minimum absolute atomic E-state index is 0.0803. The Bertz CT molecular complexity index is 1020. The molecule has 15 heteroatoms. The number of rotatable bonds is 7. The first-order chi connectivity index (χ1) is 16.6. The third-order valence-electron chi connectivity index (χ3n) is 5.55. The van der Waals surface area contributed by atoms with Gasteiger partial charge >= 0.3 is 12.2 Å². The van der Waals surface area contributed by atoms with Crippen molar-refractivity contribution >= 4 is 17.8 Å². The number of aliphatic hydroxyl groups is 2. The third-order valence-corrected chi connectivity index (χ3v) is 5.55. The Morgan fingerprint density at radius 1 is 1.31 bits per heavy atom. The molecular weight excluding hydrogens is 475 g/mol. The highest BCUT2D eigenvalue weighted by Gasteiger charge is 2.43. The van der Waals surface area contributed by atoms with E-state index in [0.717, 1.165) is 0 Å². The van der Waals surface area contributed by atoms with E-state index < -0.39 is 43.4 Å². The van der Waals surface area contributed by atoms with Crippen molar-refractivity contribution in [3.05, 3.63) is 36.1 Å². The van der Waals surface area contributed by atoms with Crippen LogP contribution in [-0.2, 0) is 4.79 Å². The Morgan fingerprint density at radius 3 is 2.80 bits per heavy atom. The number of nitrogens with one attached hydrogen (secondary N) is 3. The number of urea groups is 1. The van der Waals surface area contributed by atoms with Crippen LogP contribution in [0.25, 0.3) is 0 Å². The van der Waals surface area contributed by atoms with Crippen molar-refractivity contribution < 1.29 is 37.7 Å². The maximum atomic E-state index is 13.2. The van der Waals surface area contributed by atoms with E-state index in [9.17, 15) is 27.9 Å². The summed E-state index contributed by atoms with van der Waals surface area (Å²) in [6.45, 7) is -0.872. The predicted molar refractivity (Wildman–Crippen MR) is 114 cm³/mol. The normalized spacial score (nSPS) is 21.9. The lowest BCUT2D eigenvalue weighted by Crippen LogP contribution is -2.56. The second kappa shape index (κ2) is 9.95. The number of aliphatic hydroxyl groups excluding tert-OH is 2. The van der Waals surface area contributed by atoms with E-state index in [1.54, 1.807) is 6.08 Å². The summed E-state index contributed by atoms with van der Waals surface area (Å²) in [5, 5.41) is 25.5. The van der Waals surface area contributed by atoms with Gasteiger partial charge < -0.3 is 30.5 Å². The van der Waals surface area contributed by atoms with Gasteiger partial charge in [0.15, 0.2) is 5.82 Å². The van der Waals surface area contributed by atoms with E-state index in [-0.39, 0.29) is 24.3 Å². The number of anilines is 1. The summed E-state index contributed by atoms with van der Waals surface area (Å²) >= 11 is 0. The van der Waals surface area contributed by atoms with Crippen molar-refractivity contribution in [1.29, 1.82) is 0 Å². The highest BCUT2D eigenvalue weighted by atomic mass is 19.4. The first-order valence-electron chi connectivity index (χ1n) is 10.8. The largest absolute Gasteiger partial charge is 0.474 e. The number of alkyl halides is 3. The summed E-state index contributed by atoms with van der Waals surface area (Å²) in [6, 6.07) is -1.86. The zero-order valence-corrected chi connectivity index (χ0v) is 18.3. The molecule has 0 aliphatic carbocycles. The molecule has 5 N–H and O–H groups in total. The van der Waals surface area contributed by atoms with Crippen LogP contribution in [0, 0.1) is 0 Å². The van der Waals surface area contributed by atoms with E-state index in [0.29, 0.717) is 31.0 Å². The van der Waals surface area contributed by atoms with E-state index in [2.05, 4.69) is 20.6 Å². The number of carbonyl (C=O) groups excluding carboxylic acids is 2. The van der Waals surface area contributed by atoms with Crippen LogP contribution >= 0.6 is 0 Å². The molecule has 1 aromatic rings. The predicted octanol–water partition coefficient (Wildman–Crippen LogP) is -0.494. The van der Waals surface area contributed by atoms with Gasteiger partial charge in [-0.2, -0.15) is 13.2 Å². The molecule has 12 nitrogen and oxygen atoms in total. The zero-order chi connectivity index (χ0) is 25.2. The van der Waals surface area contributed by atoms with E-state index >= 15 is 0 Å². The fraction of sp³-hybridized carbons (Fsp3) is 0.500. The minimum atomic E-state index is -4.54. The van der Waals surface area contributed by atoms with E-state index in [1.165, 1.54) is 23.4 Å². The fourth-order valence-corrected chi connectivity index (χ4v) is 3.91. The lowest BCUT2D eigenvalue weighted by atomic mass is 10.1. The number of dihydropyridines is 1. The molecule has 4 rings (SSSR count). The summed E-state index contributed by atoms with van der Waals surface area (Å²) < 4.78 is 42.6. The molecular formula is C20H24F3N7O5. The molecule has 1 fully saturated rings. The first kappa shape index (κ1) is 24.5. The van der Waals surface area contributed by atoms with E-state index in [1.807, 2.05) is 10.2 Å². The van der Waals surface area contributed by atoms with Crippen LogP contribution < -0.4 is 20.7 Å². The van der Waals surface area contributed by atoms with Crippen LogP contribution in [0.5, 0.6) is 5.88 Å². The lowest BCUT2D eigenvalue weighted by Gasteiger charge is -2.40. The monoisotopic (exact) mass is 499 g/mol. The van der Waals surface area contributed by atoms with Gasteiger partial charge in [0, 0.05) is 13.1 Å². The Kier molecular flexibility index (Phi) is 6.98. The summed E-state index contributed by atoms with van der Waals surface area (Å²) in [4.78, 5) is 37.0. The highest BCUT2D eigenvalue weighted by molar-refractivity contribution is 5.91. The molecule has 3 aliphatic rings. The number of hydrogen-bond donors (Lipinski definition) is 5. The molecule has 0 saturated carbocycles. The third kappa shape index (κ3) is 5.74. The van der Waals surface area contributed by atoms with Crippen molar-refractivity contribution in [2.24, 2.45) is 0 Å². The quantitative estimate of drug-likeness (QED) is 0.335. The molecule has 4 heterocycles. The number of halogens is 3. The van der Waals surface area contributed by atoms with Gasteiger partial charge in [-0.3, -0.25) is 15.0 Å². The number of allylic oxidation sites excluding steroid dienone is 1.